The average Bonchev–Trinajstić information content (AvgIpc) is 2.52. The molecule has 122 valence electrons. The van der Waals surface area contributed by atoms with Crippen LogP contribution in [0.25, 0.3) is 0 Å². The van der Waals surface area contributed by atoms with Crippen molar-refractivity contribution < 1.29 is 9.90 Å². The lowest BCUT2D eigenvalue weighted by Gasteiger charge is -2.20. The Labute approximate surface area is 137 Å². The molecule has 0 saturated carbocycles. The first-order valence-electron chi connectivity index (χ1n) is 7.80. The number of benzene rings is 2. The van der Waals surface area contributed by atoms with Crippen LogP contribution in [0.5, 0.6) is 0 Å². The van der Waals surface area contributed by atoms with E-state index in [-0.39, 0.29) is 18.7 Å². The van der Waals surface area contributed by atoms with Crippen LogP contribution >= 0.6 is 0 Å². The molecule has 2 unspecified atom stereocenters. The Morgan fingerprint density at radius 2 is 1.61 bits per heavy atom. The zero-order valence-electron chi connectivity index (χ0n) is 13.8. The Hall–Kier alpha value is -2.33. The van der Waals surface area contributed by atoms with Gasteiger partial charge in [0.2, 0.25) is 0 Å². The molecule has 0 aliphatic heterocycles. The zero-order chi connectivity index (χ0) is 16.8. The van der Waals surface area contributed by atoms with Crippen molar-refractivity contribution in [2.45, 2.75) is 32.9 Å². The minimum absolute atomic E-state index is 0.108. The summed E-state index contributed by atoms with van der Waals surface area (Å²) in [7, 11) is 0. The predicted octanol–water partition coefficient (Wildman–Crippen LogP) is 3.40. The largest absolute Gasteiger partial charge is 0.394 e. The van der Waals surface area contributed by atoms with Crippen molar-refractivity contribution in [2.75, 3.05) is 6.61 Å². The van der Waals surface area contributed by atoms with Gasteiger partial charge in [0.15, 0.2) is 0 Å². The maximum Gasteiger partial charge on any atom is 0.315 e. The van der Waals surface area contributed by atoms with Crippen LogP contribution in [-0.2, 0) is 0 Å². The summed E-state index contributed by atoms with van der Waals surface area (Å²) in [6, 6.07) is 14.9. The zero-order valence-corrected chi connectivity index (χ0v) is 13.8. The van der Waals surface area contributed by atoms with Gasteiger partial charge in [-0.1, -0.05) is 59.7 Å². The first-order chi connectivity index (χ1) is 11.0. The van der Waals surface area contributed by atoms with E-state index in [1.807, 2.05) is 51.1 Å². The standard InChI is InChI=1S/C19H24N2O2/c1-13-9-14(2)11-17(10-13)15(3)20-19(23)21-18(12-22)16-7-5-4-6-8-16/h4-11,15,18,22H,12H2,1-3H3,(H2,20,21,23). The third kappa shape index (κ3) is 4.83. The van der Waals surface area contributed by atoms with E-state index in [1.54, 1.807) is 0 Å². The second-order valence-electron chi connectivity index (χ2n) is 5.91. The molecule has 2 atom stereocenters. The molecule has 4 heteroatoms. The van der Waals surface area contributed by atoms with E-state index in [2.05, 4.69) is 28.8 Å². The van der Waals surface area contributed by atoms with Crippen molar-refractivity contribution >= 4 is 6.03 Å². The van der Waals surface area contributed by atoms with Gasteiger partial charge in [-0.3, -0.25) is 0 Å². The number of carbonyl (C=O) groups is 1. The van der Waals surface area contributed by atoms with Crippen molar-refractivity contribution in [1.29, 1.82) is 0 Å². The second-order valence-corrected chi connectivity index (χ2v) is 5.91. The molecule has 0 spiro atoms. The number of hydrogen-bond donors (Lipinski definition) is 3. The number of amides is 2. The van der Waals surface area contributed by atoms with Gasteiger partial charge >= 0.3 is 6.03 Å². The van der Waals surface area contributed by atoms with Crippen LogP contribution in [-0.4, -0.2) is 17.7 Å². The average molecular weight is 312 g/mol. The van der Waals surface area contributed by atoms with Gasteiger partial charge in [0.05, 0.1) is 18.7 Å². The van der Waals surface area contributed by atoms with Crippen LogP contribution in [0.1, 0.15) is 41.3 Å². The van der Waals surface area contributed by atoms with E-state index < -0.39 is 6.04 Å². The number of urea groups is 1. The van der Waals surface area contributed by atoms with Crippen LogP contribution in [0.2, 0.25) is 0 Å². The molecule has 0 heterocycles. The van der Waals surface area contributed by atoms with Crippen molar-refractivity contribution in [2.24, 2.45) is 0 Å². The SMILES string of the molecule is Cc1cc(C)cc(C(C)NC(=O)NC(CO)c2ccccc2)c1. The first-order valence-corrected chi connectivity index (χ1v) is 7.80. The third-order valence-corrected chi connectivity index (χ3v) is 3.78. The summed E-state index contributed by atoms with van der Waals surface area (Å²) in [5.41, 5.74) is 4.29. The molecular weight excluding hydrogens is 288 g/mol. The van der Waals surface area contributed by atoms with E-state index in [0.717, 1.165) is 11.1 Å². The molecule has 2 amide bonds. The molecular formula is C19H24N2O2. The van der Waals surface area contributed by atoms with E-state index in [1.165, 1.54) is 11.1 Å². The van der Waals surface area contributed by atoms with Crippen LogP contribution in [0.15, 0.2) is 48.5 Å². The number of aryl methyl sites for hydroxylation is 2. The number of aliphatic hydroxyl groups is 1. The maximum atomic E-state index is 12.2. The van der Waals surface area contributed by atoms with E-state index in [4.69, 9.17) is 0 Å². The minimum Gasteiger partial charge on any atom is -0.394 e. The number of nitrogens with one attached hydrogen (secondary N) is 2. The lowest BCUT2D eigenvalue weighted by molar-refractivity contribution is 0.214. The lowest BCUT2D eigenvalue weighted by atomic mass is 10.0. The molecule has 0 saturated heterocycles. The number of rotatable bonds is 5. The maximum absolute atomic E-state index is 12.2. The van der Waals surface area contributed by atoms with Crippen LogP contribution < -0.4 is 10.6 Å². The molecule has 0 aliphatic carbocycles. The Morgan fingerprint density at radius 3 is 2.17 bits per heavy atom. The summed E-state index contributed by atoms with van der Waals surface area (Å²) in [5, 5.41) is 15.2. The minimum atomic E-state index is -0.414. The van der Waals surface area contributed by atoms with Gasteiger partial charge in [-0.05, 0) is 31.9 Å². The molecule has 0 bridgehead atoms. The summed E-state index contributed by atoms with van der Waals surface area (Å²) < 4.78 is 0. The molecule has 23 heavy (non-hydrogen) atoms. The van der Waals surface area contributed by atoms with Crippen molar-refractivity contribution in [3.8, 4) is 0 Å². The molecule has 4 nitrogen and oxygen atoms in total. The lowest BCUT2D eigenvalue weighted by Crippen LogP contribution is -2.40. The van der Waals surface area contributed by atoms with Gasteiger partial charge in [0, 0.05) is 0 Å². The highest BCUT2D eigenvalue weighted by molar-refractivity contribution is 5.75. The topological polar surface area (TPSA) is 61.4 Å². The smallest absolute Gasteiger partial charge is 0.315 e. The molecule has 2 aromatic carbocycles. The molecule has 3 N–H and O–H groups in total. The fourth-order valence-electron chi connectivity index (χ4n) is 2.66. The Kier molecular flexibility index (Phi) is 5.77. The monoisotopic (exact) mass is 312 g/mol. The first kappa shape index (κ1) is 17.0. The van der Waals surface area contributed by atoms with Gasteiger partial charge < -0.3 is 15.7 Å². The molecule has 2 rings (SSSR count). The normalized spacial score (nSPS) is 13.2. The number of carbonyl (C=O) groups excluding carboxylic acids is 1. The number of aliphatic hydroxyl groups excluding tert-OH is 1. The molecule has 0 radical (unpaired) electrons. The van der Waals surface area contributed by atoms with Gasteiger partial charge in [0.1, 0.15) is 0 Å². The Bertz CT molecular complexity index is 635. The van der Waals surface area contributed by atoms with Crippen LogP contribution in [0.4, 0.5) is 4.79 Å². The Morgan fingerprint density at radius 1 is 1.00 bits per heavy atom. The van der Waals surface area contributed by atoms with E-state index in [9.17, 15) is 9.90 Å². The van der Waals surface area contributed by atoms with E-state index in [0.29, 0.717) is 0 Å². The van der Waals surface area contributed by atoms with Gasteiger partial charge in [-0.2, -0.15) is 0 Å². The summed E-state index contributed by atoms with van der Waals surface area (Å²) in [4.78, 5) is 12.2. The fraction of sp³-hybridized carbons (Fsp3) is 0.316. The van der Waals surface area contributed by atoms with Gasteiger partial charge in [-0.25, -0.2) is 4.79 Å². The summed E-state index contributed by atoms with van der Waals surface area (Å²) in [6.07, 6.45) is 0. The van der Waals surface area contributed by atoms with Gasteiger partial charge in [0.25, 0.3) is 0 Å². The quantitative estimate of drug-likeness (QED) is 0.792. The second kappa shape index (κ2) is 7.79. The third-order valence-electron chi connectivity index (χ3n) is 3.78. The van der Waals surface area contributed by atoms with Crippen molar-refractivity contribution in [1.82, 2.24) is 10.6 Å². The van der Waals surface area contributed by atoms with Gasteiger partial charge in [-0.15, -0.1) is 0 Å². The van der Waals surface area contributed by atoms with Crippen LogP contribution in [0.3, 0.4) is 0 Å². The van der Waals surface area contributed by atoms with E-state index >= 15 is 0 Å². The highest BCUT2D eigenvalue weighted by Gasteiger charge is 2.15. The molecule has 0 fully saturated rings. The fourth-order valence-corrected chi connectivity index (χ4v) is 2.66. The molecule has 0 aliphatic rings. The van der Waals surface area contributed by atoms with Crippen molar-refractivity contribution in [3.63, 3.8) is 0 Å². The number of hydrogen-bond acceptors (Lipinski definition) is 2. The highest BCUT2D eigenvalue weighted by atomic mass is 16.3. The summed E-state index contributed by atoms with van der Waals surface area (Å²) in [5.74, 6) is 0. The predicted molar refractivity (Wildman–Crippen MR) is 92.3 cm³/mol. The molecule has 2 aromatic rings. The Balaban J connectivity index is 2.00. The highest BCUT2D eigenvalue weighted by Crippen LogP contribution is 2.17. The summed E-state index contributed by atoms with van der Waals surface area (Å²) in [6.45, 7) is 5.89. The molecule has 0 aromatic heterocycles. The summed E-state index contributed by atoms with van der Waals surface area (Å²) >= 11 is 0. The van der Waals surface area contributed by atoms with Crippen LogP contribution in [0, 0.1) is 13.8 Å². The van der Waals surface area contributed by atoms with Crippen molar-refractivity contribution in [3.05, 3.63) is 70.8 Å².